The lowest BCUT2D eigenvalue weighted by Crippen LogP contribution is -2.46. The van der Waals surface area contributed by atoms with E-state index in [0.29, 0.717) is 23.9 Å². The summed E-state index contributed by atoms with van der Waals surface area (Å²) in [6.45, 7) is 4.82. The zero-order chi connectivity index (χ0) is 66.2. The van der Waals surface area contributed by atoms with E-state index in [2.05, 4.69) is 104 Å². The van der Waals surface area contributed by atoms with Gasteiger partial charge in [0.2, 0.25) is 5.91 Å². The quantitative estimate of drug-likeness (QED) is 0.0243. The van der Waals surface area contributed by atoms with Gasteiger partial charge in [-0.25, -0.2) is 4.57 Å². The maximum atomic E-state index is 13.1. The van der Waals surface area contributed by atoms with Gasteiger partial charge in [-0.3, -0.25) is 13.8 Å². The van der Waals surface area contributed by atoms with E-state index in [0.717, 1.165) is 83.5 Å². The Hall–Kier alpha value is -2.32. The smallest absolute Gasteiger partial charge is 0.391 e. The third kappa shape index (κ3) is 74.9. The van der Waals surface area contributed by atoms with Crippen LogP contribution in [-0.4, -0.2) is 73.4 Å². The Kier molecular flexibility index (Phi) is 70.1. The molecule has 1 amide bonds. The summed E-state index contributed by atoms with van der Waals surface area (Å²) in [5, 5.41) is 14.2. The fourth-order valence-corrected chi connectivity index (χ4v) is 12.6. The second-order valence-electron chi connectivity index (χ2n) is 28.1. The average Bonchev–Trinajstić information content (AvgIpc) is 3.58. The van der Waals surface area contributed by atoms with Gasteiger partial charge in [-0.1, -0.05) is 388 Å². The van der Waals surface area contributed by atoms with E-state index in [1.54, 1.807) is 0 Å². The molecule has 0 bridgehead atoms. The Morgan fingerprint density at radius 1 is 0.385 bits per heavy atom. The van der Waals surface area contributed by atoms with Crippen molar-refractivity contribution < 1.29 is 32.9 Å². The van der Waals surface area contributed by atoms with Gasteiger partial charge in [0, 0.05) is 6.42 Å². The number of nitrogens with zero attached hydrogens (tertiary/aromatic N) is 1. The fourth-order valence-electron chi connectivity index (χ4n) is 11.9. The molecule has 0 fully saturated rings. The molecule has 0 aromatic rings. The van der Waals surface area contributed by atoms with Crippen LogP contribution in [0.4, 0.5) is 0 Å². The van der Waals surface area contributed by atoms with Crippen molar-refractivity contribution in [1.82, 2.24) is 5.32 Å². The van der Waals surface area contributed by atoms with Crippen LogP contribution in [0.15, 0.2) is 85.1 Å². The highest BCUT2D eigenvalue weighted by atomic mass is 31.2. The molecule has 3 N–H and O–H groups in total. The Morgan fingerprint density at radius 2 is 0.659 bits per heavy atom. The van der Waals surface area contributed by atoms with Crippen molar-refractivity contribution in [1.29, 1.82) is 0 Å². The molecule has 0 aliphatic heterocycles. The van der Waals surface area contributed by atoms with E-state index in [1.165, 1.54) is 270 Å². The average molecular weight is 1300 g/mol. The van der Waals surface area contributed by atoms with Crippen molar-refractivity contribution in [2.75, 3.05) is 40.9 Å². The molecule has 0 rings (SSSR count). The number of phosphoric acid groups is 1. The topological polar surface area (TPSA) is 105 Å². The Balaban J connectivity index is 3.96. The molecule has 0 aliphatic rings. The number of allylic oxidation sites excluding steroid dienone is 14. The first-order valence-electron chi connectivity index (χ1n) is 39.5. The SMILES string of the molecule is CC/C=C\C/C=C\C/C=C\C/C=C\C/C=C\C/C=C\C/C=C\CCCCCCCCCCCCCCCCCCCC(=O)NC(COP(=O)(O)OCC[N+](C)(C)C)C(O)CCCCCCCCCCCCCCCCCCCCCCCCCCCCCCCC. The number of nitrogens with one attached hydrogen (secondary N) is 1. The zero-order valence-corrected chi connectivity index (χ0v) is 62.0. The lowest BCUT2D eigenvalue weighted by molar-refractivity contribution is -0.870. The number of carbonyl (C=O) groups excluding carboxylic acids is 1. The van der Waals surface area contributed by atoms with Crippen LogP contribution >= 0.6 is 7.82 Å². The van der Waals surface area contributed by atoms with Crippen LogP contribution < -0.4 is 5.32 Å². The first-order valence-corrected chi connectivity index (χ1v) is 40.9. The Bertz CT molecular complexity index is 1760. The summed E-state index contributed by atoms with van der Waals surface area (Å²) in [5.74, 6) is -0.139. The van der Waals surface area contributed by atoms with Crippen LogP contribution in [0.3, 0.4) is 0 Å². The molecule has 0 spiro atoms. The summed E-state index contributed by atoms with van der Waals surface area (Å²) in [4.78, 5) is 23.5. The fraction of sp³-hybridized carbons (Fsp3) is 0.817. The van der Waals surface area contributed by atoms with Crippen molar-refractivity contribution in [2.45, 2.75) is 392 Å². The van der Waals surface area contributed by atoms with Gasteiger partial charge >= 0.3 is 7.82 Å². The molecule has 0 radical (unpaired) electrons. The predicted octanol–water partition coefficient (Wildman–Crippen LogP) is 25.8. The van der Waals surface area contributed by atoms with E-state index in [1.807, 2.05) is 21.1 Å². The van der Waals surface area contributed by atoms with E-state index in [4.69, 9.17) is 9.05 Å². The highest BCUT2D eigenvalue weighted by Gasteiger charge is 2.28. The maximum Gasteiger partial charge on any atom is 0.472 e. The second kappa shape index (κ2) is 72.0. The molecule has 0 aromatic carbocycles. The number of hydrogen-bond acceptors (Lipinski definition) is 5. The van der Waals surface area contributed by atoms with Crippen LogP contribution in [0.2, 0.25) is 0 Å². The third-order valence-corrected chi connectivity index (χ3v) is 18.9. The number of quaternary nitrogens is 1. The van der Waals surface area contributed by atoms with Gasteiger partial charge in [-0.15, -0.1) is 0 Å². The minimum atomic E-state index is -4.34. The summed E-state index contributed by atoms with van der Waals surface area (Å²) in [5.41, 5.74) is 0. The molecule has 0 saturated heterocycles. The number of rotatable bonds is 73. The monoisotopic (exact) mass is 1290 g/mol. The lowest BCUT2D eigenvalue weighted by Gasteiger charge is -2.26. The number of hydrogen-bond donors (Lipinski definition) is 3. The summed E-state index contributed by atoms with van der Waals surface area (Å²) in [6, 6.07) is -0.765. The van der Waals surface area contributed by atoms with Crippen LogP contribution in [0.25, 0.3) is 0 Å². The maximum absolute atomic E-state index is 13.1. The largest absolute Gasteiger partial charge is 0.472 e. The van der Waals surface area contributed by atoms with Crippen LogP contribution in [0.5, 0.6) is 0 Å². The van der Waals surface area contributed by atoms with E-state index in [-0.39, 0.29) is 19.1 Å². The molecule has 8 nitrogen and oxygen atoms in total. The highest BCUT2D eigenvalue weighted by Crippen LogP contribution is 2.43. The van der Waals surface area contributed by atoms with E-state index < -0.39 is 20.0 Å². The number of amides is 1. The molecule has 0 aliphatic carbocycles. The number of carbonyl (C=O) groups is 1. The summed E-state index contributed by atoms with van der Waals surface area (Å²) < 4.78 is 24.0. The van der Waals surface area contributed by atoms with Gasteiger partial charge in [-0.2, -0.15) is 0 Å². The van der Waals surface area contributed by atoms with Crippen molar-refractivity contribution in [2.24, 2.45) is 0 Å². The van der Waals surface area contributed by atoms with Crippen LogP contribution in [0.1, 0.15) is 380 Å². The summed E-state index contributed by atoms with van der Waals surface area (Å²) in [6.07, 6.45) is 103. The first kappa shape index (κ1) is 88.7. The minimum Gasteiger partial charge on any atom is -0.391 e. The highest BCUT2D eigenvalue weighted by molar-refractivity contribution is 7.47. The second-order valence-corrected chi connectivity index (χ2v) is 29.5. The molecule has 3 unspecified atom stereocenters. The first-order chi connectivity index (χ1) is 44.5. The van der Waals surface area contributed by atoms with Crippen molar-refractivity contribution in [3.05, 3.63) is 85.1 Å². The summed E-state index contributed by atoms with van der Waals surface area (Å²) in [7, 11) is 1.63. The molecule has 0 aromatic heterocycles. The Morgan fingerprint density at radius 3 is 0.967 bits per heavy atom. The van der Waals surface area contributed by atoms with Gasteiger partial charge < -0.3 is 19.8 Å². The van der Waals surface area contributed by atoms with Gasteiger partial charge in [0.1, 0.15) is 13.2 Å². The van der Waals surface area contributed by atoms with Crippen LogP contribution in [0, 0.1) is 0 Å². The molecular formula is C82H154N2O6P+. The molecule has 0 heterocycles. The van der Waals surface area contributed by atoms with Crippen molar-refractivity contribution in [3.63, 3.8) is 0 Å². The third-order valence-electron chi connectivity index (χ3n) is 17.9. The lowest BCUT2D eigenvalue weighted by atomic mass is 10.0. The summed E-state index contributed by atoms with van der Waals surface area (Å²) >= 11 is 0. The van der Waals surface area contributed by atoms with E-state index in [9.17, 15) is 19.4 Å². The number of likely N-dealkylation sites (N-methyl/N-ethyl adjacent to an activating group) is 1. The molecule has 9 heteroatoms. The molecule has 0 saturated carbocycles. The minimum absolute atomic E-state index is 0.0743. The number of aliphatic hydroxyl groups excluding tert-OH is 1. The van der Waals surface area contributed by atoms with E-state index >= 15 is 0 Å². The normalized spacial score (nSPS) is 14.0. The Labute approximate surface area is 567 Å². The number of aliphatic hydroxyl groups is 1. The van der Waals surface area contributed by atoms with Crippen molar-refractivity contribution >= 4 is 13.7 Å². The standard InChI is InChI=1S/C82H153N2O6P/c1-6-8-10-12-14-16-18-20-22-24-26-28-30-32-34-36-38-39-40-41-42-43-44-45-46-48-50-52-54-56-58-60-62-64-66-68-70-72-74-76-82(86)83-80(79-90-91(87,88)89-78-77-84(3,4)5)81(85)75-73-71-69-67-65-63-61-59-57-55-53-51-49-47-37-35-33-31-29-27-25-23-21-19-17-15-13-11-9-7-2/h8,10,14,16,20,22,26,28,32,34,38-39,41-42,80-81,85H,6-7,9,11-13,15,17-19,21,23-25,27,29-31,33,35-37,40,43-79H2,1-5H3,(H-,83,86,87,88)/p+1/b10-8-,16-14-,22-20-,28-26-,34-32-,39-38-,42-41-. The molecule has 532 valence electrons. The zero-order valence-electron chi connectivity index (χ0n) is 61.1. The van der Waals surface area contributed by atoms with Gasteiger partial charge in [0.25, 0.3) is 0 Å². The van der Waals surface area contributed by atoms with Gasteiger partial charge in [0.05, 0.1) is 39.9 Å². The number of phosphoric ester groups is 1. The molecule has 91 heavy (non-hydrogen) atoms. The molecule has 3 atom stereocenters. The predicted molar refractivity (Wildman–Crippen MR) is 401 cm³/mol. The van der Waals surface area contributed by atoms with Crippen LogP contribution in [-0.2, 0) is 18.4 Å². The molecular weight excluding hydrogens is 1140 g/mol. The van der Waals surface area contributed by atoms with Crippen molar-refractivity contribution in [3.8, 4) is 0 Å². The van der Waals surface area contributed by atoms with Gasteiger partial charge in [0.15, 0.2) is 0 Å². The number of unbranched alkanes of at least 4 members (excludes halogenated alkanes) is 46. The van der Waals surface area contributed by atoms with Gasteiger partial charge in [-0.05, 0) is 70.6 Å².